The van der Waals surface area contributed by atoms with Gasteiger partial charge in [-0.2, -0.15) is 0 Å². The predicted molar refractivity (Wildman–Crippen MR) is 57.2 cm³/mol. The van der Waals surface area contributed by atoms with Crippen LogP contribution in [0.1, 0.15) is 23.7 Å². The number of rotatable bonds is 2. The number of carboxylic acids is 1. The standard InChI is InChI=1S/C12H12O5/c13-12(14)5-9-8-4-11-10(16-6-17-11)3-7(8)1-2-15-9/h3-4,9H,1-2,5-6H2,(H,13,14). The van der Waals surface area contributed by atoms with Crippen LogP contribution in [0.3, 0.4) is 0 Å². The van der Waals surface area contributed by atoms with E-state index in [0.29, 0.717) is 12.4 Å². The molecule has 5 nitrogen and oxygen atoms in total. The quantitative estimate of drug-likeness (QED) is 0.843. The van der Waals surface area contributed by atoms with Crippen LogP contribution in [-0.4, -0.2) is 24.5 Å². The molecule has 90 valence electrons. The van der Waals surface area contributed by atoms with E-state index < -0.39 is 5.97 Å². The highest BCUT2D eigenvalue weighted by atomic mass is 16.7. The summed E-state index contributed by atoms with van der Waals surface area (Å²) in [6, 6.07) is 3.76. The number of aliphatic carboxylic acids is 1. The van der Waals surface area contributed by atoms with Gasteiger partial charge in [0.2, 0.25) is 6.79 Å². The number of carbonyl (C=O) groups is 1. The Hall–Kier alpha value is -1.75. The maximum Gasteiger partial charge on any atom is 0.306 e. The van der Waals surface area contributed by atoms with Gasteiger partial charge in [0, 0.05) is 0 Å². The van der Waals surface area contributed by atoms with E-state index in [1.54, 1.807) is 0 Å². The number of fused-ring (bicyclic) bond motifs is 2. The SMILES string of the molecule is O=C(O)CC1OCCc2cc3c(cc21)OCO3. The van der Waals surface area contributed by atoms with E-state index in [9.17, 15) is 4.79 Å². The van der Waals surface area contributed by atoms with E-state index in [-0.39, 0.29) is 19.3 Å². The molecule has 2 aliphatic heterocycles. The normalized spacial score (nSPS) is 21.1. The number of hydrogen-bond acceptors (Lipinski definition) is 4. The Morgan fingerprint density at radius 2 is 2.12 bits per heavy atom. The second-order valence-electron chi connectivity index (χ2n) is 4.11. The van der Waals surface area contributed by atoms with Crippen LogP contribution in [0.15, 0.2) is 12.1 Å². The molecular weight excluding hydrogens is 224 g/mol. The van der Waals surface area contributed by atoms with E-state index in [2.05, 4.69) is 0 Å². The highest BCUT2D eigenvalue weighted by molar-refractivity contribution is 5.68. The van der Waals surface area contributed by atoms with Gasteiger partial charge in [0.1, 0.15) is 0 Å². The molecule has 0 saturated heterocycles. The fourth-order valence-corrected chi connectivity index (χ4v) is 2.24. The molecule has 2 heterocycles. The van der Waals surface area contributed by atoms with Crippen molar-refractivity contribution >= 4 is 5.97 Å². The summed E-state index contributed by atoms with van der Waals surface area (Å²) in [5, 5.41) is 8.85. The summed E-state index contributed by atoms with van der Waals surface area (Å²) in [6.07, 6.45) is 0.375. The molecule has 5 heteroatoms. The fraction of sp³-hybridized carbons (Fsp3) is 0.417. The smallest absolute Gasteiger partial charge is 0.306 e. The van der Waals surface area contributed by atoms with Crippen LogP contribution < -0.4 is 9.47 Å². The molecule has 1 aromatic carbocycles. The zero-order valence-corrected chi connectivity index (χ0v) is 9.14. The Bertz CT molecular complexity index is 468. The topological polar surface area (TPSA) is 65.0 Å². The van der Waals surface area contributed by atoms with Crippen molar-refractivity contribution in [3.05, 3.63) is 23.3 Å². The Morgan fingerprint density at radius 3 is 2.88 bits per heavy atom. The molecule has 17 heavy (non-hydrogen) atoms. The summed E-state index contributed by atoms with van der Waals surface area (Å²) in [5.74, 6) is 0.546. The number of hydrogen-bond donors (Lipinski definition) is 1. The van der Waals surface area contributed by atoms with Crippen molar-refractivity contribution in [3.63, 3.8) is 0 Å². The first kappa shape index (κ1) is 10.4. The van der Waals surface area contributed by atoms with Crippen molar-refractivity contribution in [2.75, 3.05) is 13.4 Å². The Labute approximate surface area is 97.9 Å². The summed E-state index contributed by atoms with van der Waals surface area (Å²) in [4.78, 5) is 10.8. The first-order chi connectivity index (χ1) is 8.24. The Morgan fingerprint density at radius 1 is 1.35 bits per heavy atom. The van der Waals surface area contributed by atoms with Gasteiger partial charge in [0.25, 0.3) is 0 Å². The summed E-state index contributed by atoms with van der Waals surface area (Å²) in [5.41, 5.74) is 2.00. The molecular formula is C12H12O5. The third kappa shape index (κ3) is 1.82. The third-order valence-corrected chi connectivity index (χ3v) is 3.03. The lowest BCUT2D eigenvalue weighted by atomic mass is 9.95. The molecule has 1 unspecified atom stereocenters. The molecule has 3 rings (SSSR count). The van der Waals surface area contributed by atoms with E-state index in [1.807, 2.05) is 12.1 Å². The van der Waals surface area contributed by atoms with Gasteiger partial charge in [-0.05, 0) is 29.7 Å². The molecule has 0 amide bonds. The zero-order valence-electron chi connectivity index (χ0n) is 9.14. The Kier molecular flexibility index (Phi) is 2.40. The second-order valence-corrected chi connectivity index (χ2v) is 4.11. The Balaban J connectivity index is 1.98. The van der Waals surface area contributed by atoms with E-state index in [1.165, 1.54) is 0 Å². The van der Waals surface area contributed by atoms with Crippen molar-refractivity contribution in [2.24, 2.45) is 0 Å². The molecule has 0 aliphatic carbocycles. The number of benzene rings is 1. The number of ether oxygens (including phenoxy) is 3. The van der Waals surface area contributed by atoms with Crippen molar-refractivity contribution in [1.82, 2.24) is 0 Å². The summed E-state index contributed by atoms with van der Waals surface area (Å²) in [6.45, 7) is 0.771. The second kappa shape index (κ2) is 3.92. The van der Waals surface area contributed by atoms with Crippen LogP contribution in [-0.2, 0) is 16.0 Å². The van der Waals surface area contributed by atoms with Crippen LogP contribution in [0.2, 0.25) is 0 Å². The minimum absolute atomic E-state index is 0.0212. The van der Waals surface area contributed by atoms with Crippen LogP contribution in [0, 0.1) is 0 Å². The molecule has 0 fully saturated rings. The number of carboxylic acid groups (broad SMARTS) is 1. The lowest BCUT2D eigenvalue weighted by Gasteiger charge is -2.25. The van der Waals surface area contributed by atoms with Gasteiger partial charge in [-0.1, -0.05) is 0 Å². The van der Waals surface area contributed by atoms with Gasteiger partial charge >= 0.3 is 5.97 Å². The first-order valence-corrected chi connectivity index (χ1v) is 5.50. The van der Waals surface area contributed by atoms with Crippen LogP contribution in [0.5, 0.6) is 11.5 Å². The molecule has 1 atom stereocenters. The van der Waals surface area contributed by atoms with Crippen molar-refractivity contribution < 1.29 is 24.1 Å². The van der Waals surface area contributed by atoms with Gasteiger partial charge < -0.3 is 19.3 Å². The summed E-state index contributed by atoms with van der Waals surface area (Å²) >= 11 is 0. The van der Waals surface area contributed by atoms with Crippen molar-refractivity contribution in [2.45, 2.75) is 18.9 Å². The average molecular weight is 236 g/mol. The van der Waals surface area contributed by atoms with Crippen LogP contribution in [0.25, 0.3) is 0 Å². The molecule has 0 radical (unpaired) electrons. The molecule has 0 spiro atoms. The largest absolute Gasteiger partial charge is 0.481 e. The summed E-state index contributed by atoms with van der Waals surface area (Å²) < 4.78 is 16.1. The van der Waals surface area contributed by atoms with Gasteiger partial charge in [-0.15, -0.1) is 0 Å². The summed E-state index contributed by atoms with van der Waals surface area (Å²) in [7, 11) is 0. The van der Waals surface area contributed by atoms with Gasteiger partial charge in [-0.3, -0.25) is 4.79 Å². The molecule has 0 bridgehead atoms. The van der Waals surface area contributed by atoms with Crippen molar-refractivity contribution in [1.29, 1.82) is 0 Å². The minimum Gasteiger partial charge on any atom is -0.481 e. The molecule has 0 aromatic heterocycles. The lowest BCUT2D eigenvalue weighted by molar-refractivity contribution is -0.140. The maximum absolute atomic E-state index is 10.8. The highest BCUT2D eigenvalue weighted by Gasteiger charge is 2.27. The van der Waals surface area contributed by atoms with Gasteiger partial charge in [-0.25, -0.2) is 0 Å². The average Bonchev–Trinajstić information content (AvgIpc) is 2.73. The molecule has 0 saturated carbocycles. The lowest BCUT2D eigenvalue weighted by Crippen LogP contribution is -2.18. The monoisotopic (exact) mass is 236 g/mol. The third-order valence-electron chi connectivity index (χ3n) is 3.03. The van der Waals surface area contributed by atoms with E-state index >= 15 is 0 Å². The predicted octanol–water partition coefficient (Wildman–Crippen LogP) is 1.50. The minimum atomic E-state index is -0.861. The molecule has 1 aromatic rings. The van der Waals surface area contributed by atoms with E-state index in [4.69, 9.17) is 19.3 Å². The van der Waals surface area contributed by atoms with Gasteiger partial charge in [0.05, 0.1) is 19.1 Å². The van der Waals surface area contributed by atoms with Crippen LogP contribution in [0.4, 0.5) is 0 Å². The van der Waals surface area contributed by atoms with Gasteiger partial charge in [0.15, 0.2) is 11.5 Å². The van der Waals surface area contributed by atoms with Crippen molar-refractivity contribution in [3.8, 4) is 11.5 Å². The van der Waals surface area contributed by atoms with Crippen LogP contribution >= 0.6 is 0 Å². The molecule has 1 N–H and O–H groups in total. The first-order valence-electron chi connectivity index (χ1n) is 5.50. The fourth-order valence-electron chi connectivity index (χ4n) is 2.24. The highest BCUT2D eigenvalue weighted by Crippen LogP contribution is 2.40. The van der Waals surface area contributed by atoms with E-state index in [0.717, 1.165) is 23.3 Å². The maximum atomic E-state index is 10.8. The zero-order chi connectivity index (χ0) is 11.8. The molecule has 2 aliphatic rings.